The molecule has 8 nitrogen and oxygen atoms in total. The van der Waals surface area contributed by atoms with Gasteiger partial charge in [-0.05, 0) is 48.9 Å². The Bertz CT molecular complexity index is 1240. The highest BCUT2D eigenvalue weighted by atomic mass is 35.5. The van der Waals surface area contributed by atoms with Gasteiger partial charge in [0.15, 0.2) is 0 Å². The van der Waals surface area contributed by atoms with Crippen molar-refractivity contribution < 1.29 is 9.59 Å². The van der Waals surface area contributed by atoms with Crippen molar-refractivity contribution in [3.8, 4) is 11.8 Å². The largest absolute Gasteiger partial charge is 0.322 e. The number of nitriles is 1. The molecule has 0 atom stereocenters. The number of carbonyl (C=O) groups excluding carboxylic acids is 2. The lowest BCUT2D eigenvalue weighted by Crippen LogP contribution is -2.41. The number of amides is 3. The lowest BCUT2D eigenvalue weighted by atomic mass is 9.92. The first kappa shape index (κ1) is 25.8. The summed E-state index contributed by atoms with van der Waals surface area (Å²) < 4.78 is 1.66. The SMILES string of the molecule is CCCN(CC(=O)Nc1cc(C(C)(C)C)nn1-c1ccc(Cl)cc1)C(=O)Nc1cccc(C#N)c1. The van der Waals surface area contributed by atoms with E-state index >= 15 is 0 Å². The number of aromatic nitrogens is 2. The van der Waals surface area contributed by atoms with Crippen LogP contribution in [0.4, 0.5) is 16.3 Å². The summed E-state index contributed by atoms with van der Waals surface area (Å²) in [5.41, 5.74) is 2.26. The van der Waals surface area contributed by atoms with E-state index in [2.05, 4.69) is 10.6 Å². The van der Waals surface area contributed by atoms with Gasteiger partial charge in [-0.25, -0.2) is 9.48 Å². The molecule has 3 rings (SSSR count). The Kier molecular flexibility index (Phi) is 8.15. The molecule has 0 saturated carbocycles. The summed E-state index contributed by atoms with van der Waals surface area (Å²) in [5.74, 6) is 0.149. The van der Waals surface area contributed by atoms with E-state index in [0.29, 0.717) is 35.1 Å². The van der Waals surface area contributed by atoms with Crippen LogP contribution in [0.1, 0.15) is 45.4 Å². The maximum Gasteiger partial charge on any atom is 0.322 e. The fraction of sp³-hybridized carbons (Fsp3) is 0.308. The zero-order chi connectivity index (χ0) is 25.6. The first-order chi connectivity index (χ1) is 16.6. The maximum absolute atomic E-state index is 13.0. The van der Waals surface area contributed by atoms with Gasteiger partial charge >= 0.3 is 6.03 Å². The highest BCUT2D eigenvalue weighted by Gasteiger charge is 2.23. The van der Waals surface area contributed by atoms with Gasteiger partial charge in [-0.2, -0.15) is 10.4 Å². The minimum absolute atomic E-state index is 0.145. The molecule has 3 aromatic rings. The number of halogens is 1. The fourth-order valence-corrected chi connectivity index (χ4v) is 3.49. The molecule has 0 spiro atoms. The zero-order valence-electron chi connectivity index (χ0n) is 20.3. The molecule has 2 N–H and O–H groups in total. The summed E-state index contributed by atoms with van der Waals surface area (Å²) >= 11 is 6.03. The predicted octanol–water partition coefficient (Wildman–Crippen LogP) is 5.58. The van der Waals surface area contributed by atoms with E-state index in [0.717, 1.165) is 11.4 Å². The second-order valence-corrected chi connectivity index (χ2v) is 9.58. The number of urea groups is 1. The van der Waals surface area contributed by atoms with Crippen molar-refractivity contribution in [2.45, 2.75) is 39.5 Å². The number of benzene rings is 2. The van der Waals surface area contributed by atoms with Crippen molar-refractivity contribution in [1.29, 1.82) is 5.26 Å². The average molecular weight is 493 g/mol. The third kappa shape index (κ3) is 6.84. The van der Waals surface area contributed by atoms with Gasteiger partial charge in [0.1, 0.15) is 12.4 Å². The quantitative estimate of drug-likeness (QED) is 0.449. The van der Waals surface area contributed by atoms with Gasteiger partial charge in [-0.3, -0.25) is 4.79 Å². The monoisotopic (exact) mass is 492 g/mol. The molecule has 0 unspecified atom stereocenters. The van der Waals surface area contributed by atoms with E-state index in [1.165, 1.54) is 4.90 Å². The summed E-state index contributed by atoms with van der Waals surface area (Å²) in [6.07, 6.45) is 0.676. The molecule has 0 saturated heterocycles. The summed E-state index contributed by atoms with van der Waals surface area (Å²) in [6, 6.07) is 17.3. The molecule has 35 heavy (non-hydrogen) atoms. The van der Waals surface area contributed by atoms with Gasteiger partial charge in [-0.1, -0.05) is 45.4 Å². The summed E-state index contributed by atoms with van der Waals surface area (Å²) in [5, 5.41) is 20.0. The molecule has 182 valence electrons. The smallest absolute Gasteiger partial charge is 0.315 e. The summed E-state index contributed by atoms with van der Waals surface area (Å²) in [4.78, 5) is 27.3. The summed E-state index contributed by atoms with van der Waals surface area (Å²) in [6.45, 7) is 8.31. The van der Waals surface area contributed by atoms with Gasteiger partial charge in [-0.15, -0.1) is 0 Å². The van der Waals surface area contributed by atoms with Crippen molar-refractivity contribution in [1.82, 2.24) is 14.7 Å². The first-order valence-corrected chi connectivity index (χ1v) is 11.7. The molecule has 0 aliphatic carbocycles. The normalized spacial score (nSPS) is 11.0. The van der Waals surface area contributed by atoms with Crippen LogP contribution in [0.25, 0.3) is 5.69 Å². The van der Waals surface area contributed by atoms with Crippen LogP contribution in [-0.4, -0.2) is 39.7 Å². The van der Waals surface area contributed by atoms with Crippen molar-refractivity contribution in [3.05, 3.63) is 70.9 Å². The van der Waals surface area contributed by atoms with Crippen molar-refractivity contribution in [2.24, 2.45) is 0 Å². The van der Waals surface area contributed by atoms with E-state index in [1.54, 1.807) is 41.1 Å². The van der Waals surface area contributed by atoms with Crippen molar-refractivity contribution in [3.63, 3.8) is 0 Å². The highest BCUT2D eigenvalue weighted by molar-refractivity contribution is 6.30. The number of anilines is 2. The van der Waals surface area contributed by atoms with E-state index in [4.69, 9.17) is 22.0 Å². The fourth-order valence-electron chi connectivity index (χ4n) is 3.36. The van der Waals surface area contributed by atoms with Crippen LogP contribution in [0, 0.1) is 11.3 Å². The Balaban J connectivity index is 1.79. The van der Waals surface area contributed by atoms with Gasteiger partial charge < -0.3 is 15.5 Å². The second-order valence-electron chi connectivity index (χ2n) is 9.15. The molecule has 9 heteroatoms. The Morgan fingerprint density at radius 3 is 2.46 bits per heavy atom. The molecular weight excluding hydrogens is 464 g/mol. The topological polar surface area (TPSA) is 103 Å². The Labute approximate surface area is 210 Å². The third-order valence-corrected chi connectivity index (χ3v) is 5.43. The van der Waals surface area contributed by atoms with Gasteiger partial charge in [0.25, 0.3) is 0 Å². The first-order valence-electron chi connectivity index (χ1n) is 11.3. The molecule has 1 heterocycles. The highest BCUT2D eigenvalue weighted by Crippen LogP contribution is 2.27. The molecular formula is C26H29ClN6O2. The number of nitrogens with zero attached hydrogens (tertiary/aromatic N) is 4. The molecule has 0 aliphatic heterocycles. The van der Waals surface area contributed by atoms with E-state index < -0.39 is 6.03 Å². The lowest BCUT2D eigenvalue weighted by molar-refractivity contribution is -0.116. The standard InChI is InChI=1S/C26H29ClN6O2/c1-5-13-32(25(35)29-20-8-6-7-18(14-20)16-28)17-24(34)30-23-15-22(26(2,3)4)31-33(23)21-11-9-19(27)10-12-21/h6-12,14-15H,5,13,17H2,1-4H3,(H,29,35)(H,30,34). The zero-order valence-corrected chi connectivity index (χ0v) is 21.1. The minimum Gasteiger partial charge on any atom is -0.315 e. The van der Waals surface area contributed by atoms with Gasteiger partial charge in [0.05, 0.1) is 23.0 Å². The molecule has 0 bridgehead atoms. The molecule has 1 aromatic heterocycles. The molecule has 0 fully saturated rings. The van der Waals surface area contributed by atoms with E-state index in [1.807, 2.05) is 52.0 Å². The Morgan fingerprint density at radius 2 is 1.83 bits per heavy atom. The van der Waals surface area contributed by atoms with Crippen LogP contribution in [0.5, 0.6) is 0 Å². The number of hydrogen-bond acceptors (Lipinski definition) is 4. The molecule has 2 aromatic carbocycles. The minimum atomic E-state index is -0.418. The van der Waals surface area contributed by atoms with Crippen LogP contribution >= 0.6 is 11.6 Å². The van der Waals surface area contributed by atoms with Crippen LogP contribution in [0.15, 0.2) is 54.6 Å². The van der Waals surface area contributed by atoms with E-state index in [9.17, 15) is 9.59 Å². The molecule has 0 radical (unpaired) electrons. The molecule has 3 amide bonds. The Hall–Kier alpha value is -3.83. The van der Waals surface area contributed by atoms with Gasteiger partial charge in [0, 0.05) is 28.7 Å². The predicted molar refractivity (Wildman–Crippen MR) is 138 cm³/mol. The third-order valence-electron chi connectivity index (χ3n) is 5.17. The molecule has 0 aliphatic rings. The maximum atomic E-state index is 13.0. The second kappa shape index (κ2) is 11.1. The van der Waals surface area contributed by atoms with Crippen LogP contribution < -0.4 is 10.6 Å². The Morgan fingerprint density at radius 1 is 1.11 bits per heavy atom. The number of rotatable bonds is 7. The summed E-state index contributed by atoms with van der Waals surface area (Å²) in [7, 11) is 0. The van der Waals surface area contributed by atoms with Gasteiger partial charge in [0.2, 0.25) is 5.91 Å². The average Bonchev–Trinajstić information content (AvgIpc) is 3.23. The number of hydrogen-bond donors (Lipinski definition) is 2. The van der Waals surface area contributed by atoms with Crippen molar-refractivity contribution in [2.75, 3.05) is 23.7 Å². The van der Waals surface area contributed by atoms with Crippen LogP contribution in [0.3, 0.4) is 0 Å². The van der Waals surface area contributed by atoms with E-state index in [-0.39, 0.29) is 17.9 Å². The number of nitrogens with one attached hydrogen (secondary N) is 2. The van der Waals surface area contributed by atoms with Crippen LogP contribution in [-0.2, 0) is 10.2 Å². The lowest BCUT2D eigenvalue weighted by Gasteiger charge is -2.22. The van der Waals surface area contributed by atoms with Crippen molar-refractivity contribution >= 4 is 35.0 Å². The number of carbonyl (C=O) groups is 2. The van der Waals surface area contributed by atoms with Crippen LogP contribution in [0.2, 0.25) is 5.02 Å².